The quantitative estimate of drug-likeness (QED) is 0.348. The van der Waals surface area contributed by atoms with E-state index in [1.807, 2.05) is 0 Å². The zero-order valence-electron chi connectivity index (χ0n) is 19.8. The van der Waals surface area contributed by atoms with Crippen LogP contribution in [0.1, 0.15) is 28.8 Å². The number of furan rings is 1. The molecule has 0 spiro atoms. The second-order valence-corrected chi connectivity index (χ2v) is 8.89. The molecule has 4 aromatic rings. The van der Waals surface area contributed by atoms with Gasteiger partial charge in [-0.3, -0.25) is 4.79 Å². The van der Waals surface area contributed by atoms with E-state index in [-0.39, 0.29) is 36.0 Å². The number of nitrogens with zero attached hydrogens (tertiary/aromatic N) is 1. The molecule has 1 aliphatic heterocycles. The van der Waals surface area contributed by atoms with Gasteiger partial charge in [0, 0.05) is 11.1 Å². The molecule has 2 heterocycles. The number of halogens is 2. The molecule has 0 saturated carbocycles. The molecule has 1 fully saturated rings. The molecule has 2 atom stereocenters. The average Bonchev–Trinajstić information content (AvgIpc) is 3.58. The van der Waals surface area contributed by atoms with Gasteiger partial charge in [0.25, 0.3) is 5.91 Å². The van der Waals surface area contributed by atoms with E-state index in [0.717, 1.165) is 11.0 Å². The van der Waals surface area contributed by atoms with Gasteiger partial charge in [0.15, 0.2) is 11.6 Å². The average molecular weight is 521 g/mol. The van der Waals surface area contributed by atoms with Crippen LogP contribution in [0.25, 0.3) is 22.1 Å². The van der Waals surface area contributed by atoms with E-state index in [2.05, 4.69) is 0 Å². The lowest BCUT2D eigenvalue weighted by Crippen LogP contribution is -2.47. The zero-order valence-corrected chi connectivity index (χ0v) is 19.8. The number of benzene rings is 3. The van der Waals surface area contributed by atoms with Gasteiger partial charge < -0.3 is 24.3 Å². The van der Waals surface area contributed by atoms with Crippen molar-refractivity contribution in [2.45, 2.75) is 31.5 Å². The van der Waals surface area contributed by atoms with E-state index in [9.17, 15) is 33.4 Å². The SMILES string of the molecule is O=C(O)[C@H]1CC[C@@H](C(=O)O)N1C(=O)c1cccc(COc2ccc(-c3cc(F)c(F)c4ccoc34)cc2)c1. The number of hydrogen-bond acceptors (Lipinski definition) is 5. The first kappa shape index (κ1) is 24.9. The Morgan fingerprint density at radius 3 is 2.29 bits per heavy atom. The van der Waals surface area contributed by atoms with Gasteiger partial charge in [0.2, 0.25) is 0 Å². The first-order valence-electron chi connectivity index (χ1n) is 11.7. The van der Waals surface area contributed by atoms with Crippen molar-refractivity contribution in [3.05, 3.63) is 89.7 Å². The van der Waals surface area contributed by atoms with E-state index in [1.54, 1.807) is 36.4 Å². The number of hydrogen-bond donors (Lipinski definition) is 2. The smallest absolute Gasteiger partial charge is 0.326 e. The number of likely N-dealkylation sites (tertiary alicyclic amines) is 1. The Balaban J connectivity index is 1.31. The van der Waals surface area contributed by atoms with Crippen molar-refractivity contribution in [1.82, 2.24) is 4.90 Å². The van der Waals surface area contributed by atoms with Crippen molar-refractivity contribution < 1.29 is 42.5 Å². The van der Waals surface area contributed by atoms with E-state index < -0.39 is 41.6 Å². The van der Waals surface area contributed by atoms with Gasteiger partial charge in [-0.05, 0) is 60.4 Å². The minimum atomic E-state index is -1.25. The maximum Gasteiger partial charge on any atom is 0.326 e. The molecule has 10 heteroatoms. The fourth-order valence-electron chi connectivity index (χ4n) is 4.71. The summed E-state index contributed by atoms with van der Waals surface area (Å²) in [5.41, 5.74) is 1.98. The molecule has 0 radical (unpaired) electrons. The highest BCUT2D eigenvalue weighted by Gasteiger charge is 2.44. The molecule has 1 saturated heterocycles. The summed E-state index contributed by atoms with van der Waals surface area (Å²) < 4.78 is 39.2. The van der Waals surface area contributed by atoms with Crippen LogP contribution in [0.2, 0.25) is 0 Å². The Hall–Kier alpha value is -4.73. The largest absolute Gasteiger partial charge is 0.489 e. The summed E-state index contributed by atoms with van der Waals surface area (Å²) in [7, 11) is 0. The number of carboxylic acid groups (broad SMARTS) is 2. The van der Waals surface area contributed by atoms with Crippen molar-refractivity contribution >= 4 is 28.8 Å². The highest BCUT2D eigenvalue weighted by atomic mass is 19.2. The van der Waals surface area contributed by atoms with Crippen LogP contribution in [-0.2, 0) is 16.2 Å². The summed E-state index contributed by atoms with van der Waals surface area (Å²) in [6, 6.07) is 13.0. The number of carbonyl (C=O) groups is 3. The number of carboxylic acids is 2. The molecule has 8 nitrogen and oxygen atoms in total. The van der Waals surface area contributed by atoms with Crippen molar-refractivity contribution in [1.29, 1.82) is 0 Å². The molecule has 5 rings (SSSR count). The van der Waals surface area contributed by atoms with Gasteiger partial charge in [-0.2, -0.15) is 0 Å². The third-order valence-electron chi connectivity index (χ3n) is 6.56. The standard InChI is InChI=1S/C28H21F2NO7/c29-21-13-20(25-19(24(21)30)10-11-37-25)16-4-6-18(7-5-16)38-14-15-2-1-3-17(12-15)26(32)31-22(27(33)34)8-9-23(31)28(35)36/h1-7,10-13,22-23H,8-9,14H2,(H,33,34)(H,35,36)/t22-,23+. The number of aliphatic carboxylic acids is 2. The zero-order chi connectivity index (χ0) is 27.0. The molecule has 38 heavy (non-hydrogen) atoms. The molecule has 0 bridgehead atoms. The minimum Gasteiger partial charge on any atom is -0.489 e. The predicted octanol–water partition coefficient (Wildman–Crippen LogP) is 5.10. The topological polar surface area (TPSA) is 117 Å². The molecular weight excluding hydrogens is 500 g/mol. The number of amides is 1. The lowest BCUT2D eigenvalue weighted by Gasteiger charge is -2.26. The van der Waals surface area contributed by atoms with Crippen LogP contribution >= 0.6 is 0 Å². The van der Waals surface area contributed by atoms with Gasteiger partial charge in [-0.25, -0.2) is 18.4 Å². The van der Waals surface area contributed by atoms with Crippen LogP contribution in [0.5, 0.6) is 5.75 Å². The second-order valence-electron chi connectivity index (χ2n) is 8.89. The van der Waals surface area contributed by atoms with Gasteiger partial charge in [0.1, 0.15) is 30.0 Å². The van der Waals surface area contributed by atoms with Crippen LogP contribution in [0.4, 0.5) is 8.78 Å². The van der Waals surface area contributed by atoms with Crippen LogP contribution in [-0.4, -0.2) is 45.0 Å². The number of rotatable bonds is 7. The highest BCUT2D eigenvalue weighted by Crippen LogP contribution is 2.34. The Morgan fingerprint density at radius 2 is 1.63 bits per heavy atom. The highest BCUT2D eigenvalue weighted by molar-refractivity contribution is 5.99. The van der Waals surface area contributed by atoms with E-state index in [4.69, 9.17) is 9.15 Å². The molecule has 194 valence electrons. The fraction of sp³-hybridized carbons (Fsp3) is 0.179. The van der Waals surface area contributed by atoms with Crippen LogP contribution in [0.3, 0.4) is 0 Å². The summed E-state index contributed by atoms with van der Waals surface area (Å²) in [5.74, 6) is -4.66. The molecular formula is C28H21F2NO7. The molecule has 1 aromatic heterocycles. The molecule has 0 aliphatic carbocycles. The van der Waals surface area contributed by atoms with Crippen molar-refractivity contribution in [3.63, 3.8) is 0 Å². The minimum absolute atomic E-state index is 0.0491. The molecule has 1 amide bonds. The monoisotopic (exact) mass is 521 g/mol. The lowest BCUT2D eigenvalue weighted by molar-refractivity contribution is -0.145. The van der Waals surface area contributed by atoms with Gasteiger partial charge >= 0.3 is 11.9 Å². The number of ether oxygens (including phenoxy) is 1. The van der Waals surface area contributed by atoms with Gasteiger partial charge in [-0.1, -0.05) is 24.3 Å². The first-order chi connectivity index (χ1) is 18.2. The summed E-state index contributed by atoms with van der Waals surface area (Å²) in [4.78, 5) is 37.2. The Bertz CT molecular complexity index is 1520. The van der Waals surface area contributed by atoms with E-state index >= 15 is 0 Å². The van der Waals surface area contributed by atoms with Crippen LogP contribution in [0, 0.1) is 11.6 Å². The molecule has 3 aromatic carbocycles. The van der Waals surface area contributed by atoms with E-state index in [0.29, 0.717) is 22.4 Å². The Morgan fingerprint density at radius 1 is 0.947 bits per heavy atom. The molecule has 0 unspecified atom stereocenters. The second kappa shape index (κ2) is 9.97. The lowest BCUT2D eigenvalue weighted by atomic mass is 10.0. The van der Waals surface area contributed by atoms with Gasteiger partial charge in [0.05, 0.1) is 11.6 Å². The molecule has 2 N–H and O–H groups in total. The maximum absolute atomic E-state index is 14.0. The number of fused-ring (bicyclic) bond motifs is 1. The number of carbonyl (C=O) groups excluding carboxylic acids is 1. The Kier molecular flexibility index (Phi) is 6.54. The van der Waals surface area contributed by atoms with Gasteiger partial charge in [-0.15, -0.1) is 0 Å². The fourth-order valence-corrected chi connectivity index (χ4v) is 4.71. The third-order valence-corrected chi connectivity index (χ3v) is 6.56. The normalized spacial score (nSPS) is 17.1. The summed E-state index contributed by atoms with van der Waals surface area (Å²) in [6.07, 6.45) is 1.42. The van der Waals surface area contributed by atoms with Crippen molar-refractivity contribution in [2.75, 3.05) is 0 Å². The summed E-state index contributed by atoms with van der Waals surface area (Å²) in [5, 5.41) is 19.0. The van der Waals surface area contributed by atoms with Crippen LogP contribution < -0.4 is 4.74 Å². The maximum atomic E-state index is 14.0. The first-order valence-corrected chi connectivity index (χ1v) is 11.7. The van der Waals surface area contributed by atoms with Crippen LogP contribution in [0.15, 0.2) is 71.3 Å². The van der Waals surface area contributed by atoms with E-state index in [1.165, 1.54) is 24.5 Å². The predicted molar refractivity (Wildman–Crippen MR) is 131 cm³/mol. The van der Waals surface area contributed by atoms with Crippen molar-refractivity contribution in [3.8, 4) is 16.9 Å². The summed E-state index contributed by atoms with van der Waals surface area (Å²) in [6.45, 7) is 0.0682. The van der Waals surface area contributed by atoms with Crippen molar-refractivity contribution in [2.24, 2.45) is 0 Å². The third kappa shape index (κ3) is 4.56. The molecule has 1 aliphatic rings. The Labute approximate surface area is 214 Å². The summed E-state index contributed by atoms with van der Waals surface area (Å²) >= 11 is 0.